The molecule has 1 atom stereocenters. The molecule has 1 aromatic heterocycles. The Kier molecular flexibility index (Phi) is 6.36. The van der Waals surface area contributed by atoms with Crippen LogP contribution in [0.2, 0.25) is 0 Å². The van der Waals surface area contributed by atoms with Gasteiger partial charge in [0.15, 0.2) is 0 Å². The van der Waals surface area contributed by atoms with Crippen LogP contribution in [0.3, 0.4) is 0 Å². The van der Waals surface area contributed by atoms with Crippen LogP contribution in [0, 0.1) is 19.8 Å². The third kappa shape index (κ3) is 5.25. The molecule has 154 valence electrons. The number of benzene rings is 1. The molecule has 7 heteroatoms. The zero-order valence-electron chi connectivity index (χ0n) is 17.2. The molecule has 0 saturated carbocycles. The van der Waals surface area contributed by atoms with E-state index in [9.17, 15) is 14.4 Å². The van der Waals surface area contributed by atoms with Crippen molar-refractivity contribution in [1.29, 1.82) is 0 Å². The third-order valence-electron chi connectivity index (χ3n) is 5.22. The Morgan fingerprint density at radius 1 is 1.14 bits per heavy atom. The van der Waals surface area contributed by atoms with Crippen LogP contribution in [0.15, 0.2) is 41.2 Å². The van der Waals surface area contributed by atoms with Crippen LogP contribution < -0.4 is 16.2 Å². The number of hydrogen-bond acceptors (Lipinski definition) is 3. The van der Waals surface area contributed by atoms with Crippen LogP contribution in [0.25, 0.3) is 0 Å². The maximum Gasteiger partial charge on any atom is 0.323 e. The van der Waals surface area contributed by atoms with Gasteiger partial charge in [-0.2, -0.15) is 0 Å². The van der Waals surface area contributed by atoms with E-state index in [4.69, 9.17) is 0 Å². The molecule has 1 fully saturated rings. The largest absolute Gasteiger partial charge is 0.341 e. The first-order chi connectivity index (χ1) is 13.8. The Morgan fingerprint density at radius 2 is 1.93 bits per heavy atom. The quantitative estimate of drug-likeness (QED) is 0.831. The SMILES string of the molecule is Cc1cccc(NC(=O)Nc2ccc(C)n(CC(=O)N3CCCC(C)C3)c2=O)c1. The van der Waals surface area contributed by atoms with E-state index in [-0.39, 0.29) is 23.7 Å². The number of nitrogens with one attached hydrogen (secondary N) is 2. The van der Waals surface area contributed by atoms with E-state index in [1.807, 2.05) is 30.0 Å². The first-order valence-electron chi connectivity index (χ1n) is 9.96. The van der Waals surface area contributed by atoms with Crippen LogP contribution in [0.5, 0.6) is 0 Å². The van der Waals surface area contributed by atoms with Gasteiger partial charge in [0, 0.05) is 24.5 Å². The van der Waals surface area contributed by atoms with Gasteiger partial charge in [0.1, 0.15) is 12.2 Å². The van der Waals surface area contributed by atoms with Crippen molar-refractivity contribution in [1.82, 2.24) is 9.47 Å². The summed E-state index contributed by atoms with van der Waals surface area (Å²) in [6, 6.07) is 10.2. The number of urea groups is 1. The summed E-state index contributed by atoms with van der Waals surface area (Å²) in [4.78, 5) is 39.7. The molecule has 3 amide bonds. The molecular weight excluding hydrogens is 368 g/mol. The number of anilines is 2. The van der Waals surface area contributed by atoms with Crippen molar-refractivity contribution in [2.45, 2.75) is 40.2 Å². The molecule has 1 saturated heterocycles. The standard InChI is InChI=1S/C22H28N4O3/c1-15-6-4-8-18(12-15)23-22(29)24-19-10-9-17(3)26(21(19)28)14-20(27)25-11-5-7-16(2)13-25/h4,6,8-10,12,16H,5,7,11,13-14H2,1-3H3,(H2,23,24,29). The minimum atomic E-state index is -0.501. The maximum atomic E-state index is 12.9. The topological polar surface area (TPSA) is 83.4 Å². The van der Waals surface area contributed by atoms with Gasteiger partial charge in [0.25, 0.3) is 5.56 Å². The fourth-order valence-corrected chi connectivity index (χ4v) is 3.62. The Labute approximate surface area is 170 Å². The van der Waals surface area contributed by atoms with Gasteiger partial charge in [-0.3, -0.25) is 9.59 Å². The van der Waals surface area contributed by atoms with Crippen molar-refractivity contribution in [3.05, 3.63) is 58.0 Å². The Bertz CT molecular complexity index is 967. The average Bonchev–Trinajstić information content (AvgIpc) is 2.67. The number of pyridine rings is 1. The number of carbonyl (C=O) groups is 2. The molecule has 1 aromatic carbocycles. The molecule has 0 spiro atoms. The number of likely N-dealkylation sites (tertiary alicyclic amines) is 1. The second-order valence-electron chi connectivity index (χ2n) is 7.82. The van der Waals surface area contributed by atoms with Crippen LogP contribution >= 0.6 is 0 Å². The van der Waals surface area contributed by atoms with Crippen molar-refractivity contribution in [2.24, 2.45) is 5.92 Å². The predicted octanol–water partition coefficient (Wildman–Crippen LogP) is 3.37. The number of nitrogens with zero attached hydrogens (tertiary/aromatic N) is 2. The van der Waals surface area contributed by atoms with Gasteiger partial charge in [-0.25, -0.2) is 4.79 Å². The number of hydrogen-bond donors (Lipinski definition) is 2. The second kappa shape index (κ2) is 8.94. The molecule has 0 bridgehead atoms. The molecule has 3 rings (SSSR count). The van der Waals surface area contributed by atoms with Gasteiger partial charge in [0.2, 0.25) is 5.91 Å². The van der Waals surface area contributed by atoms with E-state index in [0.717, 1.165) is 31.5 Å². The summed E-state index contributed by atoms with van der Waals surface area (Å²) in [6.07, 6.45) is 2.11. The Hall–Kier alpha value is -3.09. The molecule has 2 N–H and O–H groups in total. The second-order valence-corrected chi connectivity index (χ2v) is 7.82. The zero-order valence-corrected chi connectivity index (χ0v) is 17.2. The van der Waals surface area contributed by atoms with E-state index in [1.54, 1.807) is 25.1 Å². The van der Waals surface area contributed by atoms with E-state index < -0.39 is 6.03 Å². The molecule has 29 heavy (non-hydrogen) atoms. The molecule has 2 aromatic rings. The number of carbonyl (C=O) groups excluding carboxylic acids is 2. The molecule has 1 unspecified atom stereocenters. The monoisotopic (exact) mass is 396 g/mol. The number of amides is 3. The highest BCUT2D eigenvalue weighted by molar-refractivity contribution is 5.99. The van der Waals surface area contributed by atoms with E-state index in [2.05, 4.69) is 17.6 Å². The molecule has 0 radical (unpaired) electrons. The minimum Gasteiger partial charge on any atom is -0.341 e. The lowest BCUT2D eigenvalue weighted by molar-refractivity contribution is -0.133. The highest BCUT2D eigenvalue weighted by Gasteiger charge is 2.22. The molecule has 2 heterocycles. The van der Waals surface area contributed by atoms with Crippen LogP contribution in [-0.2, 0) is 11.3 Å². The van der Waals surface area contributed by atoms with Crippen LogP contribution in [0.4, 0.5) is 16.2 Å². The summed E-state index contributed by atoms with van der Waals surface area (Å²) in [6.45, 7) is 7.28. The Morgan fingerprint density at radius 3 is 2.66 bits per heavy atom. The van der Waals surface area contributed by atoms with E-state index in [1.165, 1.54) is 4.57 Å². The van der Waals surface area contributed by atoms with Gasteiger partial charge in [-0.05, 0) is 62.4 Å². The summed E-state index contributed by atoms with van der Waals surface area (Å²) in [5.41, 5.74) is 2.09. The maximum absolute atomic E-state index is 12.9. The third-order valence-corrected chi connectivity index (χ3v) is 5.22. The summed E-state index contributed by atoms with van der Waals surface area (Å²) in [7, 11) is 0. The number of rotatable bonds is 4. The first-order valence-corrected chi connectivity index (χ1v) is 9.96. The highest BCUT2D eigenvalue weighted by Crippen LogP contribution is 2.16. The fraction of sp³-hybridized carbons (Fsp3) is 0.409. The number of piperidine rings is 1. The summed E-state index contributed by atoms with van der Waals surface area (Å²) in [5.74, 6) is 0.409. The van der Waals surface area contributed by atoms with E-state index >= 15 is 0 Å². The smallest absolute Gasteiger partial charge is 0.323 e. The van der Waals surface area contributed by atoms with Crippen molar-refractivity contribution >= 4 is 23.3 Å². The molecule has 1 aliphatic rings. The molecule has 7 nitrogen and oxygen atoms in total. The normalized spacial score (nSPS) is 16.4. The molecule has 1 aliphatic heterocycles. The van der Waals surface area contributed by atoms with Gasteiger partial charge in [-0.1, -0.05) is 19.1 Å². The highest BCUT2D eigenvalue weighted by atomic mass is 16.2. The number of aromatic nitrogens is 1. The Balaban J connectivity index is 1.72. The van der Waals surface area contributed by atoms with Gasteiger partial charge >= 0.3 is 6.03 Å². The summed E-state index contributed by atoms with van der Waals surface area (Å²) < 4.78 is 1.42. The van der Waals surface area contributed by atoms with Crippen LogP contribution in [-0.4, -0.2) is 34.5 Å². The minimum absolute atomic E-state index is 0.0214. The van der Waals surface area contributed by atoms with Gasteiger partial charge in [-0.15, -0.1) is 0 Å². The van der Waals surface area contributed by atoms with E-state index in [0.29, 0.717) is 17.3 Å². The fourth-order valence-electron chi connectivity index (χ4n) is 3.62. The van der Waals surface area contributed by atoms with Gasteiger partial charge in [0.05, 0.1) is 0 Å². The lowest BCUT2D eigenvalue weighted by Gasteiger charge is -2.31. The van der Waals surface area contributed by atoms with Gasteiger partial charge < -0.3 is 20.1 Å². The predicted molar refractivity (Wildman–Crippen MR) is 114 cm³/mol. The molecule has 0 aliphatic carbocycles. The first kappa shape index (κ1) is 20.6. The number of aryl methyl sites for hydroxylation is 2. The summed E-state index contributed by atoms with van der Waals surface area (Å²) >= 11 is 0. The van der Waals surface area contributed by atoms with Crippen molar-refractivity contribution in [3.63, 3.8) is 0 Å². The van der Waals surface area contributed by atoms with Crippen molar-refractivity contribution in [2.75, 3.05) is 23.7 Å². The average molecular weight is 396 g/mol. The lowest BCUT2D eigenvalue weighted by Crippen LogP contribution is -2.42. The van der Waals surface area contributed by atoms with Crippen molar-refractivity contribution in [3.8, 4) is 0 Å². The van der Waals surface area contributed by atoms with Crippen LogP contribution in [0.1, 0.15) is 31.0 Å². The lowest BCUT2D eigenvalue weighted by atomic mass is 10.0. The zero-order chi connectivity index (χ0) is 21.0. The van der Waals surface area contributed by atoms with Crippen molar-refractivity contribution < 1.29 is 9.59 Å². The summed E-state index contributed by atoms with van der Waals surface area (Å²) in [5, 5.41) is 5.31. The molecular formula is C22H28N4O3.